The van der Waals surface area contributed by atoms with Crippen molar-refractivity contribution in [2.75, 3.05) is 6.17 Å². The first-order valence-corrected chi connectivity index (χ1v) is 8.86. The summed E-state index contributed by atoms with van der Waals surface area (Å²) in [6, 6.07) is 0. The SMILES string of the molecule is CC1(C(C=NC[Si](C)(C)C)=NN)CC1. The van der Waals surface area contributed by atoms with E-state index in [1.54, 1.807) is 0 Å². The van der Waals surface area contributed by atoms with Crippen LogP contribution in [0.3, 0.4) is 0 Å². The average molecular weight is 211 g/mol. The maximum absolute atomic E-state index is 5.36. The summed E-state index contributed by atoms with van der Waals surface area (Å²) in [4.78, 5) is 4.45. The van der Waals surface area contributed by atoms with Crippen molar-refractivity contribution in [1.29, 1.82) is 0 Å². The zero-order valence-corrected chi connectivity index (χ0v) is 10.7. The second-order valence-corrected chi connectivity index (χ2v) is 11.0. The van der Waals surface area contributed by atoms with E-state index in [0.29, 0.717) is 0 Å². The molecule has 1 saturated carbocycles. The number of hydrogen-bond donors (Lipinski definition) is 1. The Morgan fingerprint density at radius 1 is 1.43 bits per heavy atom. The van der Waals surface area contributed by atoms with Crippen molar-refractivity contribution < 1.29 is 0 Å². The highest BCUT2D eigenvalue weighted by Gasteiger charge is 2.41. The lowest BCUT2D eigenvalue weighted by molar-refractivity contribution is 0.808. The molecule has 0 bridgehead atoms. The zero-order valence-electron chi connectivity index (χ0n) is 9.67. The van der Waals surface area contributed by atoms with E-state index in [-0.39, 0.29) is 5.41 Å². The van der Waals surface area contributed by atoms with Crippen molar-refractivity contribution in [3.8, 4) is 0 Å². The Morgan fingerprint density at radius 2 is 2.00 bits per heavy atom. The maximum atomic E-state index is 5.36. The second-order valence-electron chi connectivity index (χ2n) is 5.61. The maximum Gasteiger partial charge on any atom is 0.0836 e. The number of hydrogen-bond acceptors (Lipinski definition) is 3. The van der Waals surface area contributed by atoms with Crippen LogP contribution in [-0.2, 0) is 0 Å². The summed E-state index contributed by atoms with van der Waals surface area (Å²) >= 11 is 0. The van der Waals surface area contributed by atoms with Gasteiger partial charge in [-0.1, -0.05) is 26.6 Å². The van der Waals surface area contributed by atoms with E-state index in [9.17, 15) is 0 Å². The minimum absolute atomic E-state index is 0.234. The molecule has 0 aromatic heterocycles. The number of aliphatic imine (C=N–C) groups is 1. The molecular formula is C10H21N3Si. The second kappa shape index (κ2) is 3.85. The largest absolute Gasteiger partial charge is 0.323 e. The van der Waals surface area contributed by atoms with Gasteiger partial charge in [0.25, 0.3) is 0 Å². The van der Waals surface area contributed by atoms with Crippen LogP contribution in [0.15, 0.2) is 10.1 Å². The highest BCUT2D eigenvalue weighted by atomic mass is 28.3. The summed E-state index contributed by atoms with van der Waals surface area (Å²) < 4.78 is 0. The first-order valence-electron chi connectivity index (χ1n) is 5.16. The molecule has 1 fully saturated rings. The molecule has 0 saturated heterocycles. The fraction of sp³-hybridized carbons (Fsp3) is 0.800. The molecule has 2 N–H and O–H groups in total. The van der Waals surface area contributed by atoms with Gasteiger partial charge in [0, 0.05) is 17.8 Å². The van der Waals surface area contributed by atoms with Gasteiger partial charge in [-0.05, 0) is 12.8 Å². The Kier molecular flexibility index (Phi) is 3.14. The molecule has 1 rings (SSSR count). The van der Waals surface area contributed by atoms with Gasteiger partial charge in [0.2, 0.25) is 0 Å². The molecule has 80 valence electrons. The predicted octanol–water partition coefficient (Wildman–Crippen LogP) is 2.05. The van der Waals surface area contributed by atoms with Crippen molar-refractivity contribution in [1.82, 2.24) is 0 Å². The van der Waals surface area contributed by atoms with E-state index < -0.39 is 8.07 Å². The Labute approximate surface area is 87.5 Å². The van der Waals surface area contributed by atoms with Crippen molar-refractivity contribution in [2.24, 2.45) is 21.4 Å². The lowest BCUT2D eigenvalue weighted by Gasteiger charge is -2.12. The quantitative estimate of drug-likeness (QED) is 0.329. The summed E-state index contributed by atoms with van der Waals surface area (Å²) in [6.45, 7) is 9.12. The third kappa shape index (κ3) is 3.25. The van der Waals surface area contributed by atoms with Gasteiger partial charge in [0.1, 0.15) is 0 Å². The van der Waals surface area contributed by atoms with Crippen LogP contribution in [0.1, 0.15) is 19.8 Å². The third-order valence-corrected chi connectivity index (χ3v) is 3.67. The molecule has 0 radical (unpaired) electrons. The van der Waals surface area contributed by atoms with E-state index in [1.807, 2.05) is 6.21 Å². The van der Waals surface area contributed by atoms with Crippen LogP contribution in [0.2, 0.25) is 19.6 Å². The van der Waals surface area contributed by atoms with Gasteiger partial charge in [0.05, 0.1) is 13.8 Å². The van der Waals surface area contributed by atoms with Crippen LogP contribution >= 0.6 is 0 Å². The molecule has 1 aliphatic carbocycles. The summed E-state index contributed by atoms with van der Waals surface area (Å²) in [5.41, 5.74) is 1.20. The Morgan fingerprint density at radius 3 is 2.36 bits per heavy atom. The number of hydrazone groups is 1. The van der Waals surface area contributed by atoms with Crippen molar-refractivity contribution >= 4 is 20.0 Å². The van der Waals surface area contributed by atoms with Crippen LogP contribution < -0.4 is 5.84 Å². The average Bonchev–Trinajstić information content (AvgIpc) is 2.76. The van der Waals surface area contributed by atoms with Gasteiger partial charge in [-0.2, -0.15) is 5.10 Å². The summed E-state index contributed by atoms with van der Waals surface area (Å²) in [7, 11) is -1.07. The van der Waals surface area contributed by atoms with Crippen molar-refractivity contribution in [3.63, 3.8) is 0 Å². The number of rotatable bonds is 4. The molecule has 0 unspecified atom stereocenters. The molecule has 14 heavy (non-hydrogen) atoms. The number of nitrogens with zero attached hydrogens (tertiary/aromatic N) is 2. The molecule has 0 aliphatic heterocycles. The van der Waals surface area contributed by atoms with E-state index >= 15 is 0 Å². The monoisotopic (exact) mass is 211 g/mol. The molecule has 0 aromatic carbocycles. The molecule has 1 aliphatic rings. The first kappa shape index (κ1) is 11.4. The van der Waals surface area contributed by atoms with Gasteiger partial charge >= 0.3 is 0 Å². The predicted molar refractivity (Wildman–Crippen MR) is 65.7 cm³/mol. The van der Waals surface area contributed by atoms with Gasteiger partial charge in [-0.25, -0.2) is 0 Å². The van der Waals surface area contributed by atoms with E-state index in [4.69, 9.17) is 5.84 Å². The van der Waals surface area contributed by atoms with Crippen molar-refractivity contribution in [2.45, 2.75) is 39.4 Å². The lowest BCUT2D eigenvalue weighted by atomic mass is 10.0. The van der Waals surface area contributed by atoms with Gasteiger partial charge in [0.15, 0.2) is 0 Å². The van der Waals surface area contributed by atoms with Crippen LogP contribution in [0.4, 0.5) is 0 Å². The Hall–Kier alpha value is -0.643. The lowest BCUT2D eigenvalue weighted by Crippen LogP contribution is -2.26. The first-order chi connectivity index (χ1) is 6.37. The minimum atomic E-state index is -1.07. The molecule has 0 aromatic rings. The summed E-state index contributed by atoms with van der Waals surface area (Å²) in [6.07, 6.45) is 5.23. The van der Waals surface area contributed by atoms with Gasteiger partial charge in [-0.3, -0.25) is 4.99 Å². The normalized spacial score (nSPS) is 21.6. The van der Waals surface area contributed by atoms with Gasteiger partial charge in [-0.15, -0.1) is 0 Å². The Balaban J connectivity index is 2.50. The number of nitrogens with two attached hydrogens (primary N) is 1. The van der Waals surface area contributed by atoms with Crippen molar-refractivity contribution in [3.05, 3.63) is 0 Å². The van der Waals surface area contributed by atoms with E-state index in [0.717, 1.165) is 11.9 Å². The van der Waals surface area contributed by atoms with Crippen LogP contribution in [-0.4, -0.2) is 26.2 Å². The molecule has 0 heterocycles. The topological polar surface area (TPSA) is 50.7 Å². The molecule has 0 amide bonds. The standard InChI is InChI=1S/C10H21N3Si/c1-10(5-6-10)9(13-11)7-12-8-14(2,3)4/h7H,5-6,8,11H2,1-4H3. The fourth-order valence-corrected chi connectivity index (χ4v) is 1.83. The molecule has 0 spiro atoms. The van der Waals surface area contributed by atoms with Crippen LogP contribution in [0, 0.1) is 5.41 Å². The fourth-order valence-electron chi connectivity index (χ4n) is 1.19. The van der Waals surface area contributed by atoms with Crippen LogP contribution in [0.5, 0.6) is 0 Å². The summed E-state index contributed by atoms with van der Waals surface area (Å²) in [5.74, 6) is 5.36. The minimum Gasteiger partial charge on any atom is -0.323 e. The molecule has 4 heteroatoms. The zero-order chi connectivity index (χ0) is 10.8. The Bertz CT molecular complexity index is 259. The highest BCUT2D eigenvalue weighted by molar-refractivity contribution is 6.76. The molecule has 3 nitrogen and oxygen atoms in total. The molecule has 0 atom stereocenters. The van der Waals surface area contributed by atoms with E-state index in [2.05, 4.69) is 36.7 Å². The smallest absolute Gasteiger partial charge is 0.0836 e. The third-order valence-electron chi connectivity index (χ3n) is 2.54. The van der Waals surface area contributed by atoms with Gasteiger partial charge < -0.3 is 5.84 Å². The summed E-state index contributed by atoms with van der Waals surface area (Å²) in [5, 5.41) is 3.82. The van der Waals surface area contributed by atoms with E-state index in [1.165, 1.54) is 12.8 Å². The van der Waals surface area contributed by atoms with Crippen LogP contribution in [0.25, 0.3) is 0 Å². The highest BCUT2D eigenvalue weighted by Crippen LogP contribution is 2.45. The molecular weight excluding hydrogens is 190 g/mol.